The Labute approximate surface area is 127 Å². The maximum atomic E-state index is 6.20. The number of aryl methyl sites for hydroxylation is 1. The predicted molar refractivity (Wildman–Crippen MR) is 83.9 cm³/mol. The summed E-state index contributed by atoms with van der Waals surface area (Å²) in [5, 5.41) is 5.02. The Morgan fingerprint density at radius 1 is 1.45 bits per heavy atom. The molecule has 1 aliphatic rings. The Morgan fingerprint density at radius 2 is 2.30 bits per heavy atom. The fourth-order valence-corrected chi connectivity index (χ4v) is 4.04. The minimum atomic E-state index is 0.387. The van der Waals surface area contributed by atoms with Crippen LogP contribution in [0.4, 0.5) is 0 Å². The third kappa shape index (κ3) is 2.43. The molecule has 106 valence electrons. The topological polar surface area (TPSA) is 34.1 Å². The van der Waals surface area contributed by atoms with Crippen LogP contribution in [0.5, 0.6) is 5.75 Å². The smallest absolute Gasteiger partial charge is 0.137 e. The number of hydrogen-bond acceptors (Lipinski definition) is 4. The maximum absolute atomic E-state index is 6.20. The lowest BCUT2D eigenvalue weighted by Crippen LogP contribution is -2.21. The molecule has 2 aromatic rings. The molecule has 20 heavy (non-hydrogen) atoms. The van der Waals surface area contributed by atoms with Gasteiger partial charge < -0.3 is 10.1 Å². The van der Waals surface area contributed by atoms with Crippen molar-refractivity contribution in [1.82, 2.24) is 10.3 Å². The fraction of sp³-hybridized carbons (Fsp3) is 0.400. The Kier molecular flexibility index (Phi) is 3.96. The van der Waals surface area contributed by atoms with E-state index in [9.17, 15) is 0 Å². The van der Waals surface area contributed by atoms with Crippen molar-refractivity contribution in [3.05, 3.63) is 33.8 Å². The number of thiazole rings is 1. The van der Waals surface area contributed by atoms with Gasteiger partial charge in [0.05, 0.1) is 23.9 Å². The van der Waals surface area contributed by atoms with E-state index in [1.807, 2.05) is 25.2 Å². The molecule has 0 bridgehead atoms. The molecular weight excluding hydrogens is 292 g/mol. The number of fused-ring (bicyclic) bond motifs is 1. The third-order valence-corrected chi connectivity index (χ3v) is 5.18. The number of aromatic nitrogens is 1. The number of ether oxygens (including phenoxy) is 1. The fourth-order valence-electron chi connectivity index (χ4n) is 2.62. The van der Waals surface area contributed by atoms with Gasteiger partial charge in [0, 0.05) is 10.4 Å². The van der Waals surface area contributed by atoms with Crippen molar-refractivity contribution in [1.29, 1.82) is 0 Å². The third-order valence-electron chi connectivity index (χ3n) is 3.70. The highest BCUT2D eigenvalue weighted by atomic mass is 35.5. The lowest BCUT2D eigenvalue weighted by molar-refractivity contribution is 0.415. The van der Waals surface area contributed by atoms with Crippen LogP contribution < -0.4 is 10.1 Å². The molecule has 1 heterocycles. The van der Waals surface area contributed by atoms with Crippen molar-refractivity contribution in [3.63, 3.8) is 0 Å². The van der Waals surface area contributed by atoms with Crippen LogP contribution in [0.1, 0.15) is 29.5 Å². The molecule has 0 amide bonds. The summed E-state index contributed by atoms with van der Waals surface area (Å²) in [5.74, 6) is 0.699. The minimum Gasteiger partial charge on any atom is -0.495 e. The van der Waals surface area contributed by atoms with Crippen LogP contribution in [0, 0.1) is 0 Å². The van der Waals surface area contributed by atoms with Gasteiger partial charge in [0.15, 0.2) is 0 Å². The van der Waals surface area contributed by atoms with Gasteiger partial charge in [0.25, 0.3) is 0 Å². The van der Waals surface area contributed by atoms with Crippen molar-refractivity contribution in [2.75, 3.05) is 14.2 Å². The molecule has 5 heteroatoms. The van der Waals surface area contributed by atoms with Crippen LogP contribution in [0.15, 0.2) is 18.2 Å². The second kappa shape index (κ2) is 5.72. The minimum absolute atomic E-state index is 0.387. The van der Waals surface area contributed by atoms with Gasteiger partial charge in [0.2, 0.25) is 0 Å². The molecule has 1 aromatic carbocycles. The maximum Gasteiger partial charge on any atom is 0.137 e. The zero-order valence-corrected chi connectivity index (χ0v) is 13.1. The first kappa shape index (κ1) is 13.9. The van der Waals surface area contributed by atoms with E-state index in [1.54, 1.807) is 18.4 Å². The van der Waals surface area contributed by atoms with Gasteiger partial charge in [-0.15, -0.1) is 11.3 Å². The second-order valence-corrected chi connectivity index (χ2v) is 6.40. The molecule has 0 fully saturated rings. The van der Waals surface area contributed by atoms with E-state index >= 15 is 0 Å². The summed E-state index contributed by atoms with van der Waals surface area (Å²) in [4.78, 5) is 6.23. The molecule has 3 nitrogen and oxygen atoms in total. The van der Waals surface area contributed by atoms with Crippen LogP contribution in [0.3, 0.4) is 0 Å². The number of rotatable bonds is 3. The lowest BCUT2D eigenvalue weighted by atomic mass is 9.98. The molecule has 1 aromatic heterocycles. The van der Waals surface area contributed by atoms with Gasteiger partial charge in [-0.1, -0.05) is 11.6 Å². The highest BCUT2D eigenvalue weighted by Gasteiger charge is 2.23. The van der Waals surface area contributed by atoms with E-state index in [0.29, 0.717) is 16.8 Å². The molecule has 0 spiro atoms. The Hall–Kier alpha value is -1.10. The number of halogens is 1. The predicted octanol–water partition coefficient (Wildman–Crippen LogP) is 4.07. The molecule has 1 atom stereocenters. The number of nitrogens with one attached hydrogen (secondary N) is 1. The zero-order chi connectivity index (χ0) is 14.1. The molecule has 0 saturated carbocycles. The van der Waals surface area contributed by atoms with Gasteiger partial charge >= 0.3 is 0 Å². The van der Waals surface area contributed by atoms with Crippen LogP contribution in [0.2, 0.25) is 5.02 Å². The van der Waals surface area contributed by atoms with Crippen molar-refractivity contribution < 1.29 is 4.74 Å². The average Bonchev–Trinajstić information content (AvgIpc) is 2.91. The van der Waals surface area contributed by atoms with E-state index < -0.39 is 0 Å². The lowest BCUT2D eigenvalue weighted by Gasteiger charge is -2.19. The molecule has 1 unspecified atom stereocenters. The van der Waals surface area contributed by atoms with Crippen molar-refractivity contribution >= 4 is 22.9 Å². The van der Waals surface area contributed by atoms with E-state index in [-0.39, 0.29) is 0 Å². The van der Waals surface area contributed by atoms with E-state index in [1.165, 1.54) is 17.0 Å². The average molecular weight is 309 g/mol. The molecule has 1 N–H and O–H groups in total. The number of methoxy groups -OCH3 is 1. The van der Waals surface area contributed by atoms with Crippen LogP contribution in [-0.4, -0.2) is 19.1 Å². The quantitative estimate of drug-likeness (QED) is 0.928. The summed E-state index contributed by atoms with van der Waals surface area (Å²) in [6.45, 7) is 0. The standard InChI is InChI=1S/C15H17ClN2OS/c1-17-11-4-3-5-13-14(11)18-15(20-13)9-6-7-12(19-2)10(16)8-9/h6-8,11,17H,3-5H2,1-2H3. The van der Waals surface area contributed by atoms with Crippen LogP contribution in [0.25, 0.3) is 10.6 Å². The van der Waals surface area contributed by atoms with Gasteiger partial charge in [-0.25, -0.2) is 4.98 Å². The molecule has 0 saturated heterocycles. The zero-order valence-electron chi connectivity index (χ0n) is 11.6. The number of hydrogen-bond donors (Lipinski definition) is 1. The molecule has 0 aliphatic heterocycles. The normalized spacial score (nSPS) is 17.9. The molecule has 3 rings (SSSR count). The highest BCUT2D eigenvalue weighted by Crippen LogP contribution is 2.38. The van der Waals surface area contributed by atoms with Gasteiger partial charge in [-0.2, -0.15) is 0 Å². The summed E-state index contributed by atoms with van der Waals surface area (Å²) in [7, 11) is 3.63. The summed E-state index contributed by atoms with van der Waals surface area (Å²) in [6.07, 6.45) is 3.52. The SMILES string of the molecule is CNC1CCCc2sc(-c3ccc(OC)c(Cl)c3)nc21. The Balaban J connectivity index is 1.99. The number of nitrogens with zero attached hydrogens (tertiary/aromatic N) is 1. The van der Waals surface area contributed by atoms with E-state index in [2.05, 4.69) is 5.32 Å². The van der Waals surface area contributed by atoms with E-state index in [0.717, 1.165) is 23.4 Å². The van der Waals surface area contributed by atoms with Gasteiger partial charge in [-0.3, -0.25) is 0 Å². The van der Waals surface area contributed by atoms with Crippen molar-refractivity contribution in [3.8, 4) is 16.3 Å². The monoisotopic (exact) mass is 308 g/mol. The second-order valence-electron chi connectivity index (χ2n) is 4.91. The van der Waals surface area contributed by atoms with Crippen LogP contribution >= 0.6 is 22.9 Å². The van der Waals surface area contributed by atoms with Crippen LogP contribution in [-0.2, 0) is 6.42 Å². The summed E-state index contributed by atoms with van der Waals surface area (Å²) in [6, 6.07) is 6.23. The number of benzene rings is 1. The van der Waals surface area contributed by atoms with E-state index in [4.69, 9.17) is 21.3 Å². The largest absolute Gasteiger partial charge is 0.495 e. The molecule has 0 radical (unpaired) electrons. The van der Waals surface area contributed by atoms with Crippen molar-refractivity contribution in [2.24, 2.45) is 0 Å². The first-order valence-electron chi connectivity index (χ1n) is 6.73. The first-order chi connectivity index (χ1) is 9.72. The van der Waals surface area contributed by atoms with Gasteiger partial charge in [0.1, 0.15) is 10.8 Å². The Morgan fingerprint density at radius 3 is 3.00 bits per heavy atom. The summed E-state index contributed by atoms with van der Waals surface area (Å²) >= 11 is 7.98. The summed E-state index contributed by atoms with van der Waals surface area (Å²) in [5.41, 5.74) is 2.27. The van der Waals surface area contributed by atoms with Gasteiger partial charge in [-0.05, 0) is 44.5 Å². The Bertz CT molecular complexity index is 626. The van der Waals surface area contributed by atoms with Crippen molar-refractivity contribution in [2.45, 2.75) is 25.3 Å². The summed E-state index contributed by atoms with van der Waals surface area (Å²) < 4.78 is 5.19. The highest BCUT2D eigenvalue weighted by molar-refractivity contribution is 7.15. The molecule has 1 aliphatic carbocycles. The molecular formula is C15H17ClN2OS. The first-order valence-corrected chi connectivity index (χ1v) is 7.93.